The average Bonchev–Trinajstić information content (AvgIpc) is 2.92. The van der Waals surface area contributed by atoms with Crippen LogP contribution in [-0.4, -0.2) is 56.6 Å². The molecule has 0 aliphatic carbocycles. The molecule has 1 amide bonds. The summed E-state index contributed by atoms with van der Waals surface area (Å²) in [6.07, 6.45) is 2.02. The van der Waals surface area contributed by atoms with E-state index in [4.69, 9.17) is 0 Å². The highest BCUT2D eigenvalue weighted by Gasteiger charge is 2.19. The lowest BCUT2D eigenvalue weighted by molar-refractivity contribution is -0.131. The summed E-state index contributed by atoms with van der Waals surface area (Å²) in [6.45, 7) is 7.19. The van der Waals surface area contributed by atoms with Crippen LogP contribution in [0.4, 0.5) is 0 Å². The van der Waals surface area contributed by atoms with E-state index >= 15 is 0 Å². The van der Waals surface area contributed by atoms with Gasteiger partial charge in [-0.05, 0) is 13.8 Å². The molecule has 0 radical (unpaired) electrons. The number of aromatic nitrogens is 4. The minimum atomic E-state index is 0.159. The predicted octanol–water partition coefficient (Wildman–Crippen LogP) is -0.285. The van der Waals surface area contributed by atoms with Crippen LogP contribution in [0, 0.1) is 13.8 Å². The Labute approximate surface area is 117 Å². The maximum absolute atomic E-state index is 12.4. The minimum absolute atomic E-state index is 0.159. The van der Waals surface area contributed by atoms with Crippen LogP contribution in [0.1, 0.15) is 17.0 Å². The highest BCUT2D eigenvalue weighted by Crippen LogP contribution is 2.15. The Hall–Kier alpha value is -2.02. The van der Waals surface area contributed by atoms with Gasteiger partial charge in [0.15, 0.2) is 0 Å². The summed E-state index contributed by atoms with van der Waals surface area (Å²) in [5.74, 6) is 0.741. The van der Waals surface area contributed by atoms with E-state index in [-0.39, 0.29) is 5.91 Å². The first-order valence-electron chi connectivity index (χ1n) is 6.81. The van der Waals surface area contributed by atoms with Crippen LogP contribution >= 0.6 is 0 Å². The van der Waals surface area contributed by atoms with Crippen LogP contribution in [0.25, 0.3) is 5.78 Å². The zero-order chi connectivity index (χ0) is 14.1. The number of nitrogens with one attached hydrogen (secondary N) is 1. The SMILES string of the molecule is Cc1nc2nncn2c(C)c1CC(=O)N1CCNCC1. The van der Waals surface area contributed by atoms with Crippen LogP contribution in [0.5, 0.6) is 0 Å². The second-order valence-corrected chi connectivity index (χ2v) is 5.07. The maximum Gasteiger partial charge on any atom is 0.255 e. The molecule has 7 heteroatoms. The van der Waals surface area contributed by atoms with Crippen LogP contribution < -0.4 is 5.32 Å². The van der Waals surface area contributed by atoms with Crippen LogP contribution in [-0.2, 0) is 11.2 Å². The van der Waals surface area contributed by atoms with Gasteiger partial charge in [0.05, 0.1) is 6.42 Å². The van der Waals surface area contributed by atoms with Gasteiger partial charge >= 0.3 is 0 Å². The molecular formula is C13H18N6O. The Morgan fingerprint density at radius 1 is 1.35 bits per heavy atom. The lowest BCUT2D eigenvalue weighted by atomic mass is 10.1. The fourth-order valence-electron chi connectivity index (χ4n) is 2.60. The topological polar surface area (TPSA) is 75.4 Å². The molecule has 1 fully saturated rings. The Balaban J connectivity index is 1.88. The fraction of sp³-hybridized carbons (Fsp3) is 0.538. The van der Waals surface area contributed by atoms with E-state index < -0.39 is 0 Å². The van der Waals surface area contributed by atoms with Crippen molar-refractivity contribution in [3.05, 3.63) is 23.3 Å². The normalized spacial score (nSPS) is 15.8. The second kappa shape index (κ2) is 5.16. The molecule has 0 unspecified atom stereocenters. The Morgan fingerprint density at radius 2 is 2.10 bits per heavy atom. The highest BCUT2D eigenvalue weighted by molar-refractivity contribution is 5.79. The first-order chi connectivity index (χ1) is 9.66. The van der Waals surface area contributed by atoms with Gasteiger partial charge in [0.2, 0.25) is 5.91 Å². The third kappa shape index (κ3) is 2.24. The number of carbonyl (C=O) groups excluding carboxylic acids is 1. The number of piperazine rings is 1. The first-order valence-corrected chi connectivity index (χ1v) is 6.81. The van der Waals surface area contributed by atoms with E-state index in [9.17, 15) is 4.79 Å². The smallest absolute Gasteiger partial charge is 0.255 e. The third-order valence-electron chi connectivity index (χ3n) is 3.83. The van der Waals surface area contributed by atoms with Gasteiger partial charge in [0.25, 0.3) is 5.78 Å². The van der Waals surface area contributed by atoms with Gasteiger partial charge in [-0.2, -0.15) is 0 Å². The number of fused-ring (bicyclic) bond motifs is 1. The van der Waals surface area contributed by atoms with Crippen molar-refractivity contribution in [1.29, 1.82) is 0 Å². The van der Waals surface area contributed by atoms with E-state index in [0.29, 0.717) is 12.2 Å². The highest BCUT2D eigenvalue weighted by atomic mass is 16.2. The van der Waals surface area contributed by atoms with E-state index in [0.717, 1.165) is 43.1 Å². The molecule has 0 saturated carbocycles. The van der Waals surface area contributed by atoms with E-state index in [1.54, 1.807) is 6.33 Å². The molecular weight excluding hydrogens is 256 g/mol. The number of carbonyl (C=O) groups is 1. The summed E-state index contributed by atoms with van der Waals surface area (Å²) >= 11 is 0. The molecule has 20 heavy (non-hydrogen) atoms. The Kier molecular flexibility index (Phi) is 3.35. The number of hydrogen-bond donors (Lipinski definition) is 1. The summed E-state index contributed by atoms with van der Waals surface area (Å²) < 4.78 is 1.83. The summed E-state index contributed by atoms with van der Waals surface area (Å²) in [5.41, 5.74) is 2.81. The number of aryl methyl sites for hydroxylation is 2. The zero-order valence-corrected chi connectivity index (χ0v) is 11.8. The molecule has 1 saturated heterocycles. The van der Waals surface area contributed by atoms with E-state index in [1.165, 1.54) is 0 Å². The molecule has 0 aromatic carbocycles. The molecule has 1 aliphatic heterocycles. The number of nitrogens with zero attached hydrogens (tertiary/aromatic N) is 5. The van der Waals surface area contributed by atoms with Crippen LogP contribution in [0.15, 0.2) is 6.33 Å². The summed E-state index contributed by atoms with van der Waals surface area (Å²) in [7, 11) is 0. The minimum Gasteiger partial charge on any atom is -0.340 e. The Bertz CT molecular complexity index is 644. The standard InChI is InChI=1S/C13H18N6O/c1-9-11(7-12(20)18-5-3-14-4-6-18)10(2)19-8-15-17-13(19)16-9/h8,14H,3-7H2,1-2H3. The number of amides is 1. The molecule has 0 spiro atoms. The maximum atomic E-state index is 12.4. The lowest BCUT2D eigenvalue weighted by Crippen LogP contribution is -2.47. The zero-order valence-electron chi connectivity index (χ0n) is 11.8. The van der Waals surface area contributed by atoms with Crippen molar-refractivity contribution in [2.75, 3.05) is 26.2 Å². The summed E-state index contributed by atoms with van der Waals surface area (Å²) in [6, 6.07) is 0. The van der Waals surface area contributed by atoms with Crippen molar-refractivity contribution in [2.45, 2.75) is 20.3 Å². The van der Waals surface area contributed by atoms with Gasteiger partial charge in [0, 0.05) is 43.1 Å². The van der Waals surface area contributed by atoms with Crippen molar-refractivity contribution in [3.8, 4) is 0 Å². The monoisotopic (exact) mass is 274 g/mol. The number of rotatable bonds is 2. The predicted molar refractivity (Wildman–Crippen MR) is 73.4 cm³/mol. The first kappa shape index (κ1) is 13.0. The van der Waals surface area contributed by atoms with Gasteiger partial charge in [0.1, 0.15) is 6.33 Å². The second-order valence-electron chi connectivity index (χ2n) is 5.07. The molecule has 0 bridgehead atoms. The molecule has 0 atom stereocenters. The molecule has 7 nitrogen and oxygen atoms in total. The van der Waals surface area contributed by atoms with Crippen LogP contribution in [0.3, 0.4) is 0 Å². The van der Waals surface area contributed by atoms with Gasteiger partial charge in [-0.15, -0.1) is 10.2 Å². The van der Waals surface area contributed by atoms with E-state index in [1.807, 2.05) is 23.1 Å². The molecule has 1 N–H and O–H groups in total. The van der Waals surface area contributed by atoms with Crippen molar-refractivity contribution >= 4 is 11.7 Å². The van der Waals surface area contributed by atoms with E-state index in [2.05, 4.69) is 20.5 Å². The van der Waals surface area contributed by atoms with Crippen molar-refractivity contribution < 1.29 is 4.79 Å². The summed E-state index contributed by atoms with van der Waals surface area (Å²) in [4.78, 5) is 18.7. The molecule has 106 valence electrons. The quantitative estimate of drug-likeness (QED) is 0.815. The lowest BCUT2D eigenvalue weighted by Gasteiger charge is -2.27. The van der Waals surface area contributed by atoms with Crippen molar-refractivity contribution in [1.82, 2.24) is 29.8 Å². The Morgan fingerprint density at radius 3 is 2.85 bits per heavy atom. The van der Waals surface area contributed by atoms with Gasteiger partial charge < -0.3 is 10.2 Å². The van der Waals surface area contributed by atoms with Crippen molar-refractivity contribution in [3.63, 3.8) is 0 Å². The molecule has 2 aromatic rings. The largest absolute Gasteiger partial charge is 0.340 e. The van der Waals surface area contributed by atoms with Gasteiger partial charge in [-0.1, -0.05) is 0 Å². The third-order valence-corrected chi connectivity index (χ3v) is 3.83. The average molecular weight is 274 g/mol. The molecule has 1 aliphatic rings. The van der Waals surface area contributed by atoms with Crippen LogP contribution in [0.2, 0.25) is 0 Å². The van der Waals surface area contributed by atoms with Gasteiger partial charge in [-0.25, -0.2) is 4.98 Å². The summed E-state index contributed by atoms with van der Waals surface area (Å²) in [5, 5.41) is 11.1. The molecule has 3 heterocycles. The van der Waals surface area contributed by atoms with Gasteiger partial charge in [-0.3, -0.25) is 9.20 Å². The number of hydrogen-bond acceptors (Lipinski definition) is 5. The molecule has 2 aromatic heterocycles. The fourth-order valence-corrected chi connectivity index (χ4v) is 2.60. The molecule has 3 rings (SSSR count). The van der Waals surface area contributed by atoms with Crippen molar-refractivity contribution in [2.24, 2.45) is 0 Å².